The number of nitrogens with zero attached hydrogens (tertiary/aromatic N) is 3. The second kappa shape index (κ2) is 4.19. The lowest BCUT2D eigenvalue weighted by Gasteiger charge is -2.24. The van der Waals surface area contributed by atoms with Crippen LogP contribution in [-0.4, -0.2) is 26.4 Å². The molecular formula is C12H20N4O2. The molecule has 1 amide bonds. The first-order valence-corrected chi connectivity index (χ1v) is 6.13. The largest absolute Gasteiger partial charge is 0.444 e. The van der Waals surface area contributed by atoms with Crippen molar-refractivity contribution in [2.45, 2.75) is 52.9 Å². The molecule has 0 radical (unpaired) electrons. The number of ether oxygens (including phenoxy) is 1. The van der Waals surface area contributed by atoms with Gasteiger partial charge in [-0.1, -0.05) is 0 Å². The summed E-state index contributed by atoms with van der Waals surface area (Å²) in [6, 6.07) is 0. The van der Waals surface area contributed by atoms with Crippen LogP contribution in [0.5, 0.6) is 0 Å². The number of nitrogen functional groups attached to an aromatic ring is 1. The van der Waals surface area contributed by atoms with E-state index in [0.717, 1.165) is 17.8 Å². The number of carbonyl (C=O) groups excluding carboxylic acids is 1. The number of hydrogen-bond donors (Lipinski definition) is 1. The summed E-state index contributed by atoms with van der Waals surface area (Å²) < 4.78 is 7.09. The second-order valence-corrected chi connectivity index (χ2v) is 5.46. The van der Waals surface area contributed by atoms with Crippen LogP contribution in [0.3, 0.4) is 0 Å². The quantitative estimate of drug-likeness (QED) is 0.826. The van der Waals surface area contributed by atoms with Crippen LogP contribution < -0.4 is 5.73 Å². The van der Waals surface area contributed by atoms with Gasteiger partial charge in [0.05, 0.1) is 18.8 Å². The van der Waals surface area contributed by atoms with Crippen molar-refractivity contribution in [3.63, 3.8) is 0 Å². The fraction of sp³-hybridized carbons (Fsp3) is 0.667. The van der Waals surface area contributed by atoms with Gasteiger partial charge in [0.2, 0.25) is 0 Å². The zero-order chi connectivity index (χ0) is 13.5. The highest BCUT2D eigenvalue weighted by Gasteiger charge is 2.31. The summed E-state index contributed by atoms with van der Waals surface area (Å²) in [5.74, 6) is 0.651. The smallest absolute Gasteiger partial charge is 0.410 e. The van der Waals surface area contributed by atoms with E-state index in [1.807, 2.05) is 27.7 Å². The molecule has 0 aromatic carbocycles. The van der Waals surface area contributed by atoms with Crippen molar-refractivity contribution < 1.29 is 9.53 Å². The Balaban J connectivity index is 2.09. The summed E-state index contributed by atoms with van der Waals surface area (Å²) in [6.45, 7) is 9.25. The Kier molecular flexibility index (Phi) is 2.96. The van der Waals surface area contributed by atoms with Gasteiger partial charge < -0.3 is 10.5 Å². The molecule has 2 rings (SSSR count). The molecule has 1 aliphatic rings. The number of amides is 1. The molecular weight excluding hydrogens is 232 g/mol. The second-order valence-electron chi connectivity index (χ2n) is 5.46. The summed E-state index contributed by atoms with van der Waals surface area (Å²) in [4.78, 5) is 13.5. The van der Waals surface area contributed by atoms with Crippen molar-refractivity contribution in [3.8, 4) is 0 Å². The zero-order valence-corrected chi connectivity index (χ0v) is 11.4. The van der Waals surface area contributed by atoms with Gasteiger partial charge in [0.25, 0.3) is 0 Å². The van der Waals surface area contributed by atoms with Crippen LogP contribution in [0.4, 0.5) is 10.6 Å². The summed E-state index contributed by atoms with van der Waals surface area (Å²) >= 11 is 0. The summed E-state index contributed by atoms with van der Waals surface area (Å²) in [6.07, 6.45) is -0.317. The third-order valence-electron chi connectivity index (χ3n) is 2.82. The number of hydrogen-bond acceptors (Lipinski definition) is 4. The third kappa shape index (κ3) is 2.27. The first-order valence-electron chi connectivity index (χ1n) is 6.13. The maximum Gasteiger partial charge on any atom is 0.410 e. The van der Waals surface area contributed by atoms with E-state index in [4.69, 9.17) is 10.5 Å². The lowest BCUT2D eigenvalue weighted by molar-refractivity contribution is 0.0239. The van der Waals surface area contributed by atoms with E-state index in [1.165, 1.54) is 0 Å². The molecule has 0 fully saturated rings. The fourth-order valence-corrected chi connectivity index (χ4v) is 1.99. The molecule has 0 bridgehead atoms. The molecule has 18 heavy (non-hydrogen) atoms. The van der Waals surface area contributed by atoms with Gasteiger partial charge in [-0.2, -0.15) is 5.10 Å². The molecule has 6 heteroatoms. The van der Waals surface area contributed by atoms with Gasteiger partial charge >= 0.3 is 6.09 Å². The van der Waals surface area contributed by atoms with E-state index in [-0.39, 0.29) is 6.09 Å². The van der Waals surface area contributed by atoms with Gasteiger partial charge in [-0.05, 0) is 27.7 Å². The molecule has 0 aliphatic carbocycles. The van der Waals surface area contributed by atoms with Crippen molar-refractivity contribution in [1.29, 1.82) is 0 Å². The number of nitrogens with two attached hydrogens (primary N) is 1. The van der Waals surface area contributed by atoms with Gasteiger partial charge in [-0.15, -0.1) is 0 Å². The standard InChI is InChI=1S/C12H20N4O2/c1-5-16-10(13)8-6-15(7-9(8)14-16)11(17)18-12(2,3)4/h5-7,13H2,1-4H3. The Bertz CT molecular complexity index is 473. The highest BCUT2D eigenvalue weighted by molar-refractivity contribution is 5.70. The predicted octanol–water partition coefficient (Wildman–Crippen LogP) is 1.74. The lowest BCUT2D eigenvalue weighted by Crippen LogP contribution is -2.33. The molecule has 100 valence electrons. The number of anilines is 1. The average Bonchev–Trinajstić information content (AvgIpc) is 2.76. The zero-order valence-electron chi connectivity index (χ0n) is 11.4. The van der Waals surface area contributed by atoms with Crippen LogP contribution in [0.25, 0.3) is 0 Å². The topological polar surface area (TPSA) is 73.4 Å². The highest BCUT2D eigenvalue weighted by atomic mass is 16.6. The van der Waals surface area contributed by atoms with Crippen LogP contribution in [0, 0.1) is 0 Å². The summed E-state index contributed by atoms with van der Waals surface area (Å²) in [5.41, 5.74) is 7.32. The van der Waals surface area contributed by atoms with Crippen LogP contribution in [0.15, 0.2) is 0 Å². The molecule has 6 nitrogen and oxygen atoms in total. The lowest BCUT2D eigenvalue weighted by atomic mass is 10.2. The minimum atomic E-state index is -0.480. The van der Waals surface area contributed by atoms with Crippen molar-refractivity contribution in [3.05, 3.63) is 11.3 Å². The van der Waals surface area contributed by atoms with E-state index in [2.05, 4.69) is 5.10 Å². The monoisotopic (exact) mass is 252 g/mol. The number of aromatic nitrogens is 2. The van der Waals surface area contributed by atoms with Crippen LogP contribution in [-0.2, 0) is 24.4 Å². The molecule has 0 spiro atoms. The van der Waals surface area contributed by atoms with Gasteiger partial charge in [-0.25, -0.2) is 9.48 Å². The number of fused-ring (bicyclic) bond motifs is 1. The molecule has 2 heterocycles. The van der Waals surface area contributed by atoms with E-state index >= 15 is 0 Å². The van der Waals surface area contributed by atoms with E-state index in [0.29, 0.717) is 18.9 Å². The fourth-order valence-electron chi connectivity index (χ4n) is 1.99. The molecule has 1 aromatic rings. The minimum absolute atomic E-state index is 0.317. The van der Waals surface area contributed by atoms with Crippen LogP contribution >= 0.6 is 0 Å². The normalized spacial score (nSPS) is 14.8. The molecule has 1 aromatic heterocycles. The number of aryl methyl sites for hydroxylation is 1. The molecule has 0 saturated carbocycles. The predicted molar refractivity (Wildman–Crippen MR) is 67.8 cm³/mol. The Hall–Kier alpha value is -1.72. The minimum Gasteiger partial charge on any atom is -0.444 e. The van der Waals surface area contributed by atoms with E-state index in [1.54, 1.807) is 9.58 Å². The van der Waals surface area contributed by atoms with Gasteiger partial charge in [-0.3, -0.25) is 4.90 Å². The van der Waals surface area contributed by atoms with Crippen LogP contribution in [0.1, 0.15) is 39.0 Å². The van der Waals surface area contributed by atoms with E-state index < -0.39 is 5.60 Å². The van der Waals surface area contributed by atoms with Gasteiger partial charge in [0, 0.05) is 12.1 Å². The molecule has 2 N–H and O–H groups in total. The van der Waals surface area contributed by atoms with Crippen LogP contribution in [0.2, 0.25) is 0 Å². The Morgan fingerprint density at radius 3 is 2.61 bits per heavy atom. The Labute approximate surface area is 107 Å². The maximum absolute atomic E-state index is 11.9. The molecule has 0 saturated heterocycles. The first kappa shape index (κ1) is 12.7. The number of carbonyl (C=O) groups is 1. The SMILES string of the molecule is CCn1nc2c(c1N)CN(C(=O)OC(C)(C)C)C2. The molecule has 0 atom stereocenters. The summed E-state index contributed by atoms with van der Waals surface area (Å²) in [7, 11) is 0. The van der Waals surface area contributed by atoms with Crippen molar-refractivity contribution in [1.82, 2.24) is 14.7 Å². The molecule has 1 aliphatic heterocycles. The van der Waals surface area contributed by atoms with Crippen molar-refractivity contribution in [2.24, 2.45) is 0 Å². The Morgan fingerprint density at radius 1 is 1.44 bits per heavy atom. The summed E-state index contributed by atoms with van der Waals surface area (Å²) in [5, 5.41) is 4.38. The number of rotatable bonds is 1. The average molecular weight is 252 g/mol. The van der Waals surface area contributed by atoms with Crippen molar-refractivity contribution in [2.75, 3.05) is 5.73 Å². The Morgan fingerprint density at radius 2 is 2.11 bits per heavy atom. The van der Waals surface area contributed by atoms with E-state index in [9.17, 15) is 4.79 Å². The third-order valence-corrected chi connectivity index (χ3v) is 2.82. The maximum atomic E-state index is 11.9. The highest BCUT2D eigenvalue weighted by Crippen LogP contribution is 2.28. The van der Waals surface area contributed by atoms with Gasteiger partial charge in [0.15, 0.2) is 0 Å². The van der Waals surface area contributed by atoms with Gasteiger partial charge in [0.1, 0.15) is 11.4 Å². The first-order chi connectivity index (χ1) is 8.31. The van der Waals surface area contributed by atoms with Crippen molar-refractivity contribution >= 4 is 11.9 Å². The molecule has 0 unspecified atom stereocenters.